The lowest BCUT2D eigenvalue weighted by Crippen LogP contribution is -2.45. The zero-order valence-corrected chi connectivity index (χ0v) is 12.9. The van der Waals surface area contributed by atoms with E-state index in [2.05, 4.69) is 5.32 Å². The zero-order chi connectivity index (χ0) is 13.0. The molecule has 0 bridgehead atoms. The minimum Gasteiger partial charge on any atom is -0.359 e. The van der Waals surface area contributed by atoms with Crippen LogP contribution in [-0.2, 0) is 0 Å². The maximum atomic E-state index is 4.84. The van der Waals surface area contributed by atoms with Gasteiger partial charge in [-0.3, -0.25) is 4.99 Å². The van der Waals surface area contributed by atoms with Crippen molar-refractivity contribution in [3.8, 4) is 0 Å². The number of thioether (sulfide) groups is 1. The van der Waals surface area contributed by atoms with Crippen molar-refractivity contribution < 1.29 is 0 Å². The van der Waals surface area contributed by atoms with Gasteiger partial charge in [-0.15, -0.1) is 0 Å². The van der Waals surface area contributed by atoms with E-state index >= 15 is 0 Å². The fourth-order valence-electron chi connectivity index (χ4n) is 3.91. The Balaban J connectivity index is 1.43. The van der Waals surface area contributed by atoms with Crippen LogP contribution in [0.2, 0.25) is 0 Å². The Labute approximate surface area is 122 Å². The van der Waals surface area contributed by atoms with Crippen LogP contribution in [0.5, 0.6) is 0 Å². The van der Waals surface area contributed by atoms with Gasteiger partial charge < -0.3 is 5.32 Å². The third kappa shape index (κ3) is 3.68. The minimum atomic E-state index is 0.423. The normalized spacial score (nSPS) is 29.8. The summed E-state index contributed by atoms with van der Waals surface area (Å²) in [6.45, 7) is 1.05. The van der Waals surface area contributed by atoms with E-state index in [1.165, 1.54) is 81.5 Å². The second-order valence-corrected chi connectivity index (χ2v) is 7.70. The molecule has 1 aliphatic heterocycles. The predicted octanol–water partition coefficient (Wildman–Crippen LogP) is 4.35. The highest BCUT2D eigenvalue weighted by atomic mass is 32.2. The Hall–Kier alpha value is -0.180. The molecule has 3 fully saturated rings. The summed E-state index contributed by atoms with van der Waals surface area (Å²) in [5.41, 5.74) is 0.423. The van der Waals surface area contributed by atoms with E-state index in [0.717, 1.165) is 12.5 Å². The Kier molecular flexibility index (Phi) is 4.73. The van der Waals surface area contributed by atoms with E-state index in [0.29, 0.717) is 5.54 Å². The summed E-state index contributed by atoms with van der Waals surface area (Å²) in [6.07, 6.45) is 15.6. The van der Waals surface area contributed by atoms with E-state index in [-0.39, 0.29) is 0 Å². The molecule has 0 aromatic rings. The van der Waals surface area contributed by atoms with Crippen LogP contribution in [0.3, 0.4) is 0 Å². The lowest BCUT2D eigenvalue weighted by molar-refractivity contribution is 0.303. The van der Waals surface area contributed by atoms with Crippen LogP contribution in [0, 0.1) is 5.92 Å². The molecular formula is C16H28N2S. The maximum Gasteiger partial charge on any atom is 0.157 e. The molecule has 0 radical (unpaired) electrons. The third-order valence-corrected chi connectivity index (χ3v) is 6.39. The van der Waals surface area contributed by atoms with Crippen LogP contribution < -0.4 is 5.32 Å². The Morgan fingerprint density at radius 1 is 1.05 bits per heavy atom. The number of nitrogens with zero attached hydrogens (tertiary/aromatic N) is 1. The van der Waals surface area contributed by atoms with Gasteiger partial charge >= 0.3 is 0 Å². The molecule has 3 rings (SSSR count). The molecule has 0 aromatic heterocycles. The van der Waals surface area contributed by atoms with Gasteiger partial charge in [0.1, 0.15) is 0 Å². The van der Waals surface area contributed by atoms with Crippen molar-refractivity contribution in [2.45, 2.75) is 76.2 Å². The lowest BCUT2D eigenvalue weighted by Gasteiger charge is -2.32. The number of rotatable bonds is 3. The van der Waals surface area contributed by atoms with Crippen LogP contribution in [0.4, 0.5) is 0 Å². The highest BCUT2D eigenvalue weighted by Gasteiger charge is 2.37. The molecule has 0 atom stereocenters. The molecule has 0 aromatic carbocycles. The van der Waals surface area contributed by atoms with Gasteiger partial charge in [-0.05, 0) is 25.2 Å². The van der Waals surface area contributed by atoms with Crippen LogP contribution in [0.15, 0.2) is 4.99 Å². The molecule has 1 N–H and O–H groups in total. The molecule has 1 saturated heterocycles. The summed E-state index contributed by atoms with van der Waals surface area (Å²) in [6, 6.07) is 0. The quantitative estimate of drug-likeness (QED) is 0.831. The van der Waals surface area contributed by atoms with Gasteiger partial charge in [-0.25, -0.2) is 0 Å². The first-order valence-corrected chi connectivity index (χ1v) is 9.30. The van der Waals surface area contributed by atoms with Crippen LogP contribution in [0.1, 0.15) is 70.6 Å². The van der Waals surface area contributed by atoms with Crippen molar-refractivity contribution in [2.24, 2.45) is 10.9 Å². The molecule has 1 heterocycles. The van der Waals surface area contributed by atoms with Crippen molar-refractivity contribution in [1.82, 2.24) is 5.32 Å². The molecule has 3 heteroatoms. The van der Waals surface area contributed by atoms with Crippen molar-refractivity contribution in [3.05, 3.63) is 0 Å². The smallest absolute Gasteiger partial charge is 0.157 e. The van der Waals surface area contributed by atoms with Gasteiger partial charge in [-0.1, -0.05) is 63.1 Å². The van der Waals surface area contributed by atoms with E-state index in [1.807, 2.05) is 11.8 Å². The van der Waals surface area contributed by atoms with Crippen molar-refractivity contribution in [3.63, 3.8) is 0 Å². The molecule has 3 aliphatic rings. The summed E-state index contributed by atoms with van der Waals surface area (Å²) < 4.78 is 0. The number of hydrogen-bond acceptors (Lipinski definition) is 2. The fourth-order valence-corrected chi connectivity index (χ4v) is 5.16. The molecule has 1 spiro atoms. The summed E-state index contributed by atoms with van der Waals surface area (Å²) in [4.78, 5) is 4.84. The predicted molar refractivity (Wildman–Crippen MR) is 84.9 cm³/mol. The monoisotopic (exact) mass is 280 g/mol. The first-order chi connectivity index (χ1) is 9.36. The van der Waals surface area contributed by atoms with Crippen LogP contribution in [-0.4, -0.2) is 23.0 Å². The van der Waals surface area contributed by atoms with Crippen molar-refractivity contribution in [1.29, 1.82) is 0 Å². The Bertz CT molecular complexity index is 315. The van der Waals surface area contributed by atoms with E-state index in [4.69, 9.17) is 4.99 Å². The average Bonchev–Trinajstić information content (AvgIpc) is 2.84. The minimum absolute atomic E-state index is 0.423. The summed E-state index contributed by atoms with van der Waals surface area (Å²) in [5, 5.41) is 5.00. The van der Waals surface area contributed by atoms with Crippen LogP contribution in [0.25, 0.3) is 0 Å². The fraction of sp³-hybridized carbons (Fsp3) is 0.938. The zero-order valence-electron chi connectivity index (χ0n) is 12.1. The molecule has 0 amide bonds. The van der Waals surface area contributed by atoms with Gasteiger partial charge in [0.25, 0.3) is 0 Å². The highest BCUT2D eigenvalue weighted by Crippen LogP contribution is 2.36. The van der Waals surface area contributed by atoms with E-state index in [1.54, 1.807) is 0 Å². The molecule has 2 saturated carbocycles. The van der Waals surface area contributed by atoms with Crippen molar-refractivity contribution >= 4 is 16.9 Å². The van der Waals surface area contributed by atoms with Gasteiger partial charge in [0.05, 0.1) is 0 Å². The van der Waals surface area contributed by atoms with E-state index < -0.39 is 0 Å². The highest BCUT2D eigenvalue weighted by molar-refractivity contribution is 8.14. The lowest BCUT2D eigenvalue weighted by atomic mass is 9.83. The number of aliphatic imine (C=N–C) groups is 1. The standard InChI is InChI=1S/C16H28N2S/c1-3-7-14(8-4-1)9-12-17-15-18-16(13-19-15)10-5-2-6-11-16/h14H,1-13H2,(H,17,18). The maximum absolute atomic E-state index is 4.84. The largest absolute Gasteiger partial charge is 0.359 e. The first kappa shape index (κ1) is 13.8. The molecule has 2 aliphatic carbocycles. The van der Waals surface area contributed by atoms with Crippen LogP contribution >= 0.6 is 11.8 Å². The molecule has 2 nitrogen and oxygen atoms in total. The first-order valence-electron chi connectivity index (χ1n) is 8.32. The summed E-state index contributed by atoms with van der Waals surface area (Å²) in [5.74, 6) is 2.23. The Morgan fingerprint density at radius 3 is 2.58 bits per heavy atom. The average molecular weight is 280 g/mol. The van der Waals surface area contributed by atoms with Crippen molar-refractivity contribution in [2.75, 3.05) is 12.3 Å². The van der Waals surface area contributed by atoms with Gasteiger partial charge in [-0.2, -0.15) is 0 Å². The number of hydrogen-bond donors (Lipinski definition) is 1. The number of nitrogens with one attached hydrogen (secondary N) is 1. The Morgan fingerprint density at radius 2 is 1.79 bits per heavy atom. The van der Waals surface area contributed by atoms with Gasteiger partial charge in [0.15, 0.2) is 5.17 Å². The molecule has 19 heavy (non-hydrogen) atoms. The van der Waals surface area contributed by atoms with Gasteiger partial charge in [0.2, 0.25) is 0 Å². The third-order valence-electron chi connectivity index (χ3n) is 5.19. The number of amidine groups is 1. The summed E-state index contributed by atoms with van der Waals surface area (Å²) in [7, 11) is 0. The molecular weight excluding hydrogens is 252 g/mol. The SMILES string of the molecule is C1CCC(CCN=C2NC3(CCCCC3)CS2)CC1. The molecule has 108 valence electrons. The van der Waals surface area contributed by atoms with Gasteiger partial charge in [0, 0.05) is 17.8 Å². The second-order valence-electron chi connectivity index (χ2n) is 6.73. The van der Waals surface area contributed by atoms with E-state index in [9.17, 15) is 0 Å². The molecule has 0 unspecified atom stereocenters. The second kappa shape index (κ2) is 6.51. The topological polar surface area (TPSA) is 24.4 Å². The summed E-state index contributed by atoms with van der Waals surface area (Å²) >= 11 is 1.97.